The predicted molar refractivity (Wildman–Crippen MR) is 242 cm³/mol. The summed E-state index contributed by atoms with van der Waals surface area (Å²) in [5.41, 5.74) is 6.44. The van der Waals surface area contributed by atoms with Crippen molar-refractivity contribution >= 4 is 58.7 Å². The minimum Gasteiger partial charge on any atom is -0.453 e. The number of anilines is 4. The lowest BCUT2D eigenvalue weighted by Crippen LogP contribution is -2.47. The van der Waals surface area contributed by atoms with Crippen LogP contribution in [0.4, 0.5) is 32.5 Å². The van der Waals surface area contributed by atoms with Crippen LogP contribution in [-0.2, 0) is 28.7 Å². The summed E-state index contributed by atoms with van der Waals surface area (Å²) in [6, 6.07) is 26.9. The van der Waals surface area contributed by atoms with Crippen LogP contribution >= 0.6 is 0 Å². The Labute approximate surface area is 372 Å². The van der Waals surface area contributed by atoms with Gasteiger partial charge in [0.1, 0.15) is 31.0 Å². The Kier molecular flexibility index (Phi) is 14.3. The molecule has 3 saturated heterocycles. The summed E-state index contributed by atoms with van der Waals surface area (Å²) in [6.45, 7) is 0.347. The van der Waals surface area contributed by atoms with Gasteiger partial charge < -0.3 is 50.3 Å². The monoisotopic (exact) mass is 873 g/mol. The fourth-order valence-corrected chi connectivity index (χ4v) is 8.82. The van der Waals surface area contributed by atoms with Gasteiger partial charge in [0.15, 0.2) is 0 Å². The number of pyridine rings is 1. The molecule has 0 radical (unpaired) electrons. The molecule has 2 unspecified atom stereocenters. The largest absolute Gasteiger partial charge is 0.453 e. The summed E-state index contributed by atoms with van der Waals surface area (Å²) in [6.07, 6.45) is 4.55. The molecule has 4 atom stereocenters. The van der Waals surface area contributed by atoms with Crippen LogP contribution in [0, 0.1) is 0 Å². The van der Waals surface area contributed by atoms with E-state index in [1.165, 1.54) is 24.0 Å². The Morgan fingerprint density at radius 1 is 0.609 bits per heavy atom. The van der Waals surface area contributed by atoms with Crippen molar-refractivity contribution < 1.29 is 38.2 Å². The van der Waals surface area contributed by atoms with Crippen LogP contribution in [0.15, 0.2) is 91.1 Å². The molecule has 1 aromatic heterocycles. The molecule has 6 amide bonds. The number of nitrogens with zero attached hydrogens (tertiary/aromatic N) is 5. The molecule has 3 aliphatic heterocycles. The second-order valence-electron chi connectivity index (χ2n) is 16.3. The number of alkyl carbamates (subject to hydrolysis) is 2. The molecule has 336 valence electrons. The van der Waals surface area contributed by atoms with E-state index in [1.807, 2.05) is 79.8 Å². The van der Waals surface area contributed by atoms with E-state index >= 15 is 0 Å². The minimum atomic E-state index is -0.711. The van der Waals surface area contributed by atoms with Crippen molar-refractivity contribution in [2.45, 2.75) is 62.7 Å². The van der Waals surface area contributed by atoms with Crippen molar-refractivity contribution in [3.05, 3.63) is 102 Å². The maximum Gasteiger partial charge on any atom is 0.407 e. The smallest absolute Gasteiger partial charge is 0.407 e. The van der Waals surface area contributed by atoms with Crippen LogP contribution < -0.4 is 31.1 Å². The number of carbonyl (C=O) groups excluding carboxylic acids is 6. The van der Waals surface area contributed by atoms with E-state index in [9.17, 15) is 28.8 Å². The van der Waals surface area contributed by atoms with Gasteiger partial charge in [0, 0.05) is 56.0 Å². The van der Waals surface area contributed by atoms with E-state index < -0.39 is 24.3 Å². The molecule has 4 heterocycles. The van der Waals surface area contributed by atoms with Gasteiger partial charge >= 0.3 is 12.2 Å². The fourth-order valence-electron chi connectivity index (χ4n) is 8.82. The lowest BCUT2D eigenvalue weighted by molar-refractivity contribution is -0.135. The molecular weight excluding hydrogens is 819 g/mol. The highest BCUT2D eigenvalue weighted by molar-refractivity contribution is 5.99. The quantitative estimate of drug-likeness (QED) is 0.133. The zero-order valence-corrected chi connectivity index (χ0v) is 36.5. The van der Waals surface area contributed by atoms with Crippen LogP contribution in [0.1, 0.15) is 61.7 Å². The van der Waals surface area contributed by atoms with E-state index in [2.05, 4.69) is 71.0 Å². The second kappa shape index (κ2) is 20.3. The van der Waals surface area contributed by atoms with Crippen LogP contribution in [0.25, 0.3) is 11.1 Å². The van der Waals surface area contributed by atoms with E-state index in [0.717, 1.165) is 46.6 Å². The van der Waals surface area contributed by atoms with Gasteiger partial charge in [-0.25, -0.2) is 14.6 Å². The minimum absolute atomic E-state index is 0.00848. The first kappa shape index (κ1) is 44.9. The van der Waals surface area contributed by atoms with Crippen molar-refractivity contribution in [1.29, 1.82) is 0 Å². The fraction of sp³-hybridized carbons (Fsp3) is 0.383. The first-order valence-electron chi connectivity index (χ1n) is 21.5. The molecule has 64 heavy (non-hydrogen) atoms. The maximum atomic E-state index is 13.4. The first-order chi connectivity index (χ1) is 30.9. The molecular formula is C47H55N9O8. The van der Waals surface area contributed by atoms with Crippen LogP contribution in [0.5, 0.6) is 0 Å². The van der Waals surface area contributed by atoms with Crippen molar-refractivity contribution in [2.75, 3.05) is 74.9 Å². The molecule has 3 fully saturated rings. The van der Waals surface area contributed by atoms with E-state index in [4.69, 9.17) is 0 Å². The van der Waals surface area contributed by atoms with Gasteiger partial charge in [0.05, 0.1) is 26.3 Å². The Balaban J connectivity index is 1.07. The number of hydrogen-bond acceptors (Lipinski definition) is 11. The second-order valence-corrected chi connectivity index (χ2v) is 16.3. The first-order valence-corrected chi connectivity index (χ1v) is 21.5. The highest BCUT2D eigenvalue weighted by Crippen LogP contribution is 2.47. The molecule has 3 aromatic carbocycles. The Hall–Kier alpha value is -7.17. The molecule has 17 nitrogen and oxygen atoms in total. The van der Waals surface area contributed by atoms with Crippen molar-refractivity contribution in [3.8, 4) is 11.1 Å². The number of hydrogen-bond donors (Lipinski definition) is 4. The Morgan fingerprint density at radius 3 is 1.47 bits per heavy atom. The van der Waals surface area contributed by atoms with Gasteiger partial charge in [-0.15, -0.1) is 0 Å². The number of rotatable bonds is 13. The average Bonchev–Trinajstić information content (AvgIpc) is 4.12. The third kappa shape index (κ3) is 10.4. The number of carbonyl (C=O) groups is 6. The van der Waals surface area contributed by atoms with E-state index in [0.29, 0.717) is 50.1 Å². The number of amides is 6. The van der Waals surface area contributed by atoms with Gasteiger partial charge in [-0.05, 0) is 104 Å². The third-order valence-electron chi connectivity index (χ3n) is 12.1. The lowest BCUT2D eigenvalue weighted by atomic mass is 10.0. The highest BCUT2D eigenvalue weighted by Gasteiger charge is 2.38. The van der Waals surface area contributed by atoms with E-state index in [1.54, 1.807) is 0 Å². The summed E-state index contributed by atoms with van der Waals surface area (Å²) in [4.78, 5) is 87.6. The topological polar surface area (TPSA) is 195 Å². The van der Waals surface area contributed by atoms with Gasteiger partial charge in [0.2, 0.25) is 23.6 Å². The number of benzene rings is 3. The molecule has 0 saturated carbocycles. The predicted octanol–water partition coefficient (Wildman–Crippen LogP) is 5.47. The number of methoxy groups -OCH3 is 2. The molecule has 4 aromatic rings. The van der Waals surface area contributed by atoms with E-state index in [-0.39, 0.29) is 48.8 Å². The van der Waals surface area contributed by atoms with Gasteiger partial charge in [0.25, 0.3) is 0 Å². The van der Waals surface area contributed by atoms with Gasteiger partial charge in [-0.3, -0.25) is 19.2 Å². The van der Waals surface area contributed by atoms with Crippen molar-refractivity contribution in [2.24, 2.45) is 0 Å². The number of aromatic nitrogens is 1. The van der Waals surface area contributed by atoms with Crippen LogP contribution in [0.2, 0.25) is 0 Å². The normalized spacial score (nSPS) is 19.2. The van der Waals surface area contributed by atoms with Gasteiger partial charge in [-0.1, -0.05) is 36.4 Å². The number of likely N-dealkylation sites (tertiary alicyclic amines) is 2. The molecule has 0 bridgehead atoms. The number of nitrogens with one attached hydrogen (secondary N) is 4. The van der Waals surface area contributed by atoms with Crippen molar-refractivity contribution in [3.63, 3.8) is 0 Å². The maximum absolute atomic E-state index is 13.4. The lowest BCUT2D eigenvalue weighted by Gasteiger charge is -2.33. The third-order valence-corrected chi connectivity index (χ3v) is 12.1. The summed E-state index contributed by atoms with van der Waals surface area (Å²) in [5, 5.41) is 10.8. The molecule has 3 aliphatic rings. The average molecular weight is 874 g/mol. The Bertz CT molecular complexity index is 2190. The SMILES string of the molecule is COC(=O)NCC(=O)N1CCC[C@H]1C(=O)Nc1ccc(C2CCC(c3ccc(NC(=O)[C@@H]4CCCN4C(=O)CNC(=O)OC)cc3)N2c2ccc(-c3ccc(N(C)C)nc3)cc2)cc1. The Morgan fingerprint density at radius 2 is 1.06 bits per heavy atom. The summed E-state index contributed by atoms with van der Waals surface area (Å²) < 4.78 is 9.13. The molecule has 7 rings (SSSR count). The van der Waals surface area contributed by atoms with Crippen LogP contribution in [-0.4, -0.2) is 117 Å². The van der Waals surface area contributed by atoms with Crippen molar-refractivity contribution in [1.82, 2.24) is 25.4 Å². The standard InChI is InChI=1S/C47H55N9O8/c1-53(2)41-24-15-33(27-48-41)30-13-20-36(21-14-30)56-37(31-9-16-34(17-10-31)51-44(59)39-7-5-25-54(39)42(57)28-49-46(61)63-3)22-23-38(56)32-11-18-35(19-12-32)52-45(60)40-8-6-26-55(40)43(58)29-50-47(62)64-4/h9-21,24,27,37-40H,5-8,22-23,25-26,28-29H2,1-4H3,(H,49,61)(H,50,62)(H,51,59)(H,52,60)/t37?,38?,39-,40-/m0/s1. The summed E-state index contributed by atoms with van der Waals surface area (Å²) in [7, 11) is 6.36. The zero-order valence-electron chi connectivity index (χ0n) is 36.5. The molecule has 17 heteroatoms. The molecule has 4 N–H and O–H groups in total. The zero-order chi connectivity index (χ0) is 45.3. The van der Waals surface area contributed by atoms with Crippen LogP contribution in [0.3, 0.4) is 0 Å². The molecule has 0 aliphatic carbocycles. The van der Waals surface area contributed by atoms with Gasteiger partial charge in [-0.2, -0.15) is 0 Å². The molecule has 0 spiro atoms. The summed E-state index contributed by atoms with van der Waals surface area (Å²) >= 11 is 0. The number of ether oxygens (including phenoxy) is 2. The highest BCUT2D eigenvalue weighted by atomic mass is 16.5. The summed E-state index contributed by atoms with van der Waals surface area (Å²) in [5.74, 6) is -0.394.